The summed E-state index contributed by atoms with van der Waals surface area (Å²) in [5, 5.41) is 4.16. The Kier molecular flexibility index (Phi) is 4.22. The van der Waals surface area contributed by atoms with Gasteiger partial charge in [-0.05, 0) is 44.2 Å². The lowest BCUT2D eigenvalue weighted by Crippen LogP contribution is -2.10. The van der Waals surface area contributed by atoms with Crippen LogP contribution in [0.3, 0.4) is 0 Å². The van der Waals surface area contributed by atoms with Gasteiger partial charge in [0.05, 0.1) is 15.4 Å². The molecule has 0 N–H and O–H groups in total. The Balaban J connectivity index is 2.43. The molecule has 0 fully saturated rings. The van der Waals surface area contributed by atoms with Crippen molar-refractivity contribution in [1.82, 2.24) is 9.78 Å². The van der Waals surface area contributed by atoms with Crippen molar-refractivity contribution >= 4 is 15.6 Å². The van der Waals surface area contributed by atoms with E-state index in [2.05, 4.69) is 9.46 Å². The van der Waals surface area contributed by atoms with Gasteiger partial charge in [0.15, 0.2) is 0 Å². The third-order valence-electron chi connectivity index (χ3n) is 2.93. The van der Waals surface area contributed by atoms with E-state index in [0.29, 0.717) is 22.8 Å². The lowest BCUT2D eigenvalue weighted by molar-refractivity contribution is 0.0995. The van der Waals surface area contributed by atoms with Crippen molar-refractivity contribution < 1.29 is 13.4 Å². The standard InChI is InChI=1S/C14H16FN3O2S/c1-4-18-13(9-10(2)16-18)14(19)17-21(3,20)12-7-5-11(15)6-8-12/h5-9H,4H2,1-3H3. The Labute approximate surface area is 123 Å². The Morgan fingerprint density at radius 1 is 1.38 bits per heavy atom. The van der Waals surface area contributed by atoms with Gasteiger partial charge in [0.2, 0.25) is 0 Å². The van der Waals surface area contributed by atoms with Crippen LogP contribution in [-0.2, 0) is 16.3 Å². The highest BCUT2D eigenvalue weighted by Gasteiger charge is 2.16. The van der Waals surface area contributed by atoms with Crippen molar-refractivity contribution in [3.05, 3.63) is 47.5 Å². The van der Waals surface area contributed by atoms with Gasteiger partial charge in [-0.3, -0.25) is 9.48 Å². The van der Waals surface area contributed by atoms with Crippen LogP contribution < -0.4 is 0 Å². The van der Waals surface area contributed by atoms with Gasteiger partial charge in [-0.25, -0.2) is 8.60 Å². The molecule has 21 heavy (non-hydrogen) atoms. The first-order valence-electron chi connectivity index (χ1n) is 6.40. The van der Waals surface area contributed by atoms with Crippen LogP contribution in [-0.4, -0.2) is 26.2 Å². The highest BCUT2D eigenvalue weighted by atomic mass is 32.2. The molecular weight excluding hydrogens is 293 g/mol. The molecule has 1 aromatic carbocycles. The molecule has 1 amide bonds. The average molecular weight is 309 g/mol. The monoisotopic (exact) mass is 309 g/mol. The second-order valence-electron chi connectivity index (χ2n) is 4.64. The molecule has 0 saturated heterocycles. The Bertz CT molecular complexity index is 787. The van der Waals surface area contributed by atoms with Gasteiger partial charge in [-0.1, -0.05) is 0 Å². The van der Waals surface area contributed by atoms with Crippen LogP contribution >= 0.6 is 0 Å². The maximum absolute atomic E-state index is 12.9. The van der Waals surface area contributed by atoms with Crippen LogP contribution in [0, 0.1) is 12.7 Å². The zero-order valence-electron chi connectivity index (χ0n) is 12.0. The lowest BCUT2D eigenvalue weighted by atomic mass is 10.3. The molecule has 1 unspecified atom stereocenters. The van der Waals surface area contributed by atoms with E-state index in [1.54, 1.807) is 13.0 Å². The minimum atomic E-state index is -2.92. The van der Waals surface area contributed by atoms with Crippen LogP contribution in [0.15, 0.2) is 39.6 Å². The Hall–Kier alpha value is -2.02. The number of hydrogen-bond donors (Lipinski definition) is 0. The third-order valence-corrected chi connectivity index (χ3v) is 4.59. The van der Waals surface area contributed by atoms with Crippen molar-refractivity contribution in [3.8, 4) is 0 Å². The van der Waals surface area contributed by atoms with Crippen molar-refractivity contribution in [2.75, 3.05) is 6.26 Å². The predicted molar refractivity (Wildman–Crippen MR) is 78.1 cm³/mol. The topological polar surface area (TPSA) is 64.3 Å². The van der Waals surface area contributed by atoms with Crippen LogP contribution in [0.1, 0.15) is 23.1 Å². The van der Waals surface area contributed by atoms with E-state index in [1.807, 2.05) is 6.92 Å². The maximum atomic E-state index is 12.9. The van der Waals surface area contributed by atoms with Gasteiger partial charge >= 0.3 is 5.91 Å². The van der Waals surface area contributed by atoms with Gasteiger partial charge in [0.1, 0.15) is 11.5 Å². The summed E-state index contributed by atoms with van der Waals surface area (Å²) in [5.41, 5.74) is 0.992. The first kappa shape index (κ1) is 15.4. The maximum Gasteiger partial charge on any atom is 0.303 e. The fraction of sp³-hybridized carbons (Fsp3) is 0.286. The number of hydrogen-bond acceptors (Lipinski definition) is 3. The van der Waals surface area contributed by atoms with Crippen LogP contribution in [0.25, 0.3) is 0 Å². The fourth-order valence-electron chi connectivity index (χ4n) is 1.90. The SMILES string of the molecule is CCn1nc(C)cc1C(=O)N=S(C)(=O)c1ccc(F)cc1. The molecule has 112 valence electrons. The zero-order valence-corrected chi connectivity index (χ0v) is 12.9. The minimum Gasteiger partial charge on any atom is -0.264 e. The number of nitrogens with zero attached hydrogens (tertiary/aromatic N) is 3. The number of carbonyl (C=O) groups is 1. The summed E-state index contributed by atoms with van der Waals surface area (Å²) in [6, 6.07) is 6.74. The first-order chi connectivity index (χ1) is 9.83. The van der Waals surface area contributed by atoms with Crippen molar-refractivity contribution in [2.45, 2.75) is 25.3 Å². The largest absolute Gasteiger partial charge is 0.303 e. The molecule has 7 heteroatoms. The molecule has 5 nitrogen and oxygen atoms in total. The number of aryl methyl sites for hydroxylation is 2. The number of benzene rings is 1. The molecule has 1 heterocycles. The highest BCUT2D eigenvalue weighted by molar-refractivity contribution is 7.93. The van der Waals surface area contributed by atoms with E-state index >= 15 is 0 Å². The molecule has 0 bridgehead atoms. The van der Waals surface area contributed by atoms with E-state index in [9.17, 15) is 13.4 Å². The predicted octanol–water partition coefficient (Wildman–Crippen LogP) is 2.65. The molecule has 2 rings (SSSR count). The summed E-state index contributed by atoms with van der Waals surface area (Å²) >= 11 is 0. The van der Waals surface area contributed by atoms with Crippen molar-refractivity contribution in [1.29, 1.82) is 0 Å². The van der Waals surface area contributed by atoms with Crippen molar-refractivity contribution in [2.24, 2.45) is 4.36 Å². The Morgan fingerprint density at radius 3 is 2.57 bits per heavy atom. The van der Waals surface area contributed by atoms with E-state index in [0.717, 1.165) is 0 Å². The van der Waals surface area contributed by atoms with Crippen LogP contribution in [0.4, 0.5) is 4.39 Å². The number of carbonyl (C=O) groups excluding carboxylic acids is 1. The number of aromatic nitrogens is 2. The van der Waals surface area contributed by atoms with Gasteiger partial charge < -0.3 is 0 Å². The summed E-state index contributed by atoms with van der Waals surface area (Å²) < 4.78 is 30.8. The molecule has 1 atom stereocenters. The van der Waals surface area contributed by atoms with Crippen molar-refractivity contribution in [3.63, 3.8) is 0 Å². The number of halogens is 1. The molecule has 0 aliphatic heterocycles. The average Bonchev–Trinajstić information content (AvgIpc) is 2.80. The van der Waals surface area contributed by atoms with E-state index in [-0.39, 0.29) is 0 Å². The highest BCUT2D eigenvalue weighted by Crippen LogP contribution is 2.14. The Morgan fingerprint density at radius 2 is 2.00 bits per heavy atom. The third kappa shape index (κ3) is 3.36. The summed E-state index contributed by atoms with van der Waals surface area (Å²) in [4.78, 5) is 12.5. The normalized spacial score (nSPS) is 13.7. The molecular formula is C14H16FN3O2S. The summed E-state index contributed by atoms with van der Waals surface area (Å²) in [5.74, 6) is -1.02. The van der Waals surface area contributed by atoms with E-state index in [1.165, 1.54) is 35.2 Å². The smallest absolute Gasteiger partial charge is 0.264 e. The summed E-state index contributed by atoms with van der Waals surface area (Å²) in [6.45, 7) is 4.14. The van der Waals surface area contributed by atoms with Crippen LogP contribution in [0.2, 0.25) is 0 Å². The number of amides is 1. The minimum absolute atomic E-state index is 0.298. The van der Waals surface area contributed by atoms with E-state index in [4.69, 9.17) is 0 Å². The van der Waals surface area contributed by atoms with Gasteiger partial charge in [0.25, 0.3) is 0 Å². The molecule has 0 saturated carbocycles. The molecule has 1 aromatic heterocycles. The molecule has 0 aliphatic rings. The second kappa shape index (κ2) is 5.77. The summed E-state index contributed by atoms with van der Waals surface area (Å²) in [7, 11) is -2.92. The molecule has 0 radical (unpaired) electrons. The lowest BCUT2D eigenvalue weighted by Gasteiger charge is -2.05. The second-order valence-corrected chi connectivity index (χ2v) is 6.90. The fourth-order valence-corrected chi connectivity index (χ4v) is 3.06. The first-order valence-corrected chi connectivity index (χ1v) is 8.32. The number of rotatable bonds is 3. The molecule has 0 aliphatic carbocycles. The van der Waals surface area contributed by atoms with Crippen LogP contribution in [0.5, 0.6) is 0 Å². The van der Waals surface area contributed by atoms with Gasteiger partial charge in [0, 0.05) is 17.7 Å². The molecule has 0 spiro atoms. The quantitative estimate of drug-likeness (QED) is 0.875. The summed E-state index contributed by atoms with van der Waals surface area (Å²) in [6.07, 6.45) is 1.36. The van der Waals surface area contributed by atoms with E-state index < -0.39 is 21.5 Å². The van der Waals surface area contributed by atoms with Gasteiger partial charge in [-0.15, -0.1) is 0 Å². The zero-order chi connectivity index (χ0) is 15.6. The van der Waals surface area contributed by atoms with Gasteiger partial charge in [-0.2, -0.15) is 9.46 Å². The molecule has 2 aromatic rings.